The van der Waals surface area contributed by atoms with Gasteiger partial charge in [-0.1, -0.05) is 42.5 Å². The number of hydrazone groups is 1. The van der Waals surface area contributed by atoms with Crippen molar-refractivity contribution >= 4 is 23.4 Å². The van der Waals surface area contributed by atoms with Gasteiger partial charge in [0.1, 0.15) is 17.0 Å². The first kappa shape index (κ1) is 31.2. The minimum absolute atomic E-state index is 0.0645. The number of rotatable bonds is 7. The molecule has 1 spiro atoms. The second-order valence-electron chi connectivity index (χ2n) is 12.0. The fourth-order valence-electron chi connectivity index (χ4n) is 5.27. The highest BCUT2D eigenvalue weighted by Gasteiger charge is 2.41. The summed E-state index contributed by atoms with van der Waals surface area (Å²) in [5, 5.41) is 7.94. The molecule has 2 aromatic rings. The molecule has 10 nitrogen and oxygen atoms in total. The maximum Gasteiger partial charge on any atom is 0.471 e. The number of nitrogens with zero attached hydrogens (tertiary/aromatic N) is 3. The summed E-state index contributed by atoms with van der Waals surface area (Å²) < 4.78 is 49.0. The number of alkyl halides is 3. The van der Waals surface area contributed by atoms with Crippen molar-refractivity contribution < 1.29 is 32.2 Å². The van der Waals surface area contributed by atoms with E-state index in [-0.39, 0.29) is 12.6 Å². The number of carbonyl (C=O) groups is 2. The highest BCUT2D eigenvalue weighted by Crippen LogP contribution is 2.43. The summed E-state index contributed by atoms with van der Waals surface area (Å²) in [5.41, 5.74) is 8.77. The van der Waals surface area contributed by atoms with Crippen LogP contribution in [-0.4, -0.2) is 71.4 Å². The van der Waals surface area contributed by atoms with E-state index in [1.807, 2.05) is 74.6 Å². The molecule has 0 aliphatic carbocycles. The molecule has 44 heavy (non-hydrogen) atoms. The van der Waals surface area contributed by atoms with Gasteiger partial charge in [-0.2, -0.15) is 13.2 Å². The third kappa shape index (κ3) is 7.44. The number of likely N-dealkylation sites (tertiary alicyclic amines) is 1. The third-order valence-electron chi connectivity index (χ3n) is 7.49. The Kier molecular flexibility index (Phi) is 8.78. The summed E-state index contributed by atoms with van der Waals surface area (Å²) in [4.78, 5) is 25.3. The van der Waals surface area contributed by atoms with Crippen molar-refractivity contribution in [3.8, 4) is 5.75 Å². The molecular formula is C31H37F3N6O4. The molecule has 2 amide bonds. The fraction of sp³-hybridized carbons (Fsp3) is 0.452. The number of hydrogen-bond acceptors (Lipinski definition) is 8. The number of amides is 2. The minimum Gasteiger partial charge on any atom is -0.482 e. The summed E-state index contributed by atoms with van der Waals surface area (Å²) in [6.07, 6.45) is -0.826. The van der Waals surface area contributed by atoms with Crippen molar-refractivity contribution in [3.05, 3.63) is 71.3 Å². The average molecular weight is 615 g/mol. The van der Waals surface area contributed by atoms with E-state index >= 15 is 0 Å². The van der Waals surface area contributed by atoms with Crippen LogP contribution >= 0.6 is 0 Å². The summed E-state index contributed by atoms with van der Waals surface area (Å²) in [6.45, 7) is 7.00. The Morgan fingerprint density at radius 3 is 2.39 bits per heavy atom. The molecule has 0 unspecified atom stereocenters. The van der Waals surface area contributed by atoms with Crippen LogP contribution in [-0.2, 0) is 9.53 Å². The van der Waals surface area contributed by atoms with Gasteiger partial charge in [-0.3, -0.25) is 10.2 Å². The molecule has 0 radical (unpaired) electrons. The van der Waals surface area contributed by atoms with E-state index < -0.39 is 23.3 Å². The summed E-state index contributed by atoms with van der Waals surface area (Å²) >= 11 is 0. The molecule has 0 bridgehead atoms. The number of halogens is 3. The van der Waals surface area contributed by atoms with Gasteiger partial charge in [0, 0.05) is 43.6 Å². The van der Waals surface area contributed by atoms with Crippen molar-refractivity contribution in [1.29, 1.82) is 0 Å². The van der Waals surface area contributed by atoms with E-state index in [2.05, 4.69) is 22.1 Å². The van der Waals surface area contributed by atoms with Crippen LogP contribution in [0.25, 0.3) is 5.57 Å². The van der Waals surface area contributed by atoms with Crippen molar-refractivity contribution in [2.75, 3.05) is 26.2 Å². The zero-order valence-electron chi connectivity index (χ0n) is 25.0. The Morgan fingerprint density at radius 2 is 1.70 bits per heavy atom. The lowest BCUT2D eigenvalue weighted by Gasteiger charge is -2.43. The highest BCUT2D eigenvalue weighted by atomic mass is 19.4. The number of amidine groups is 1. The number of hydrazine groups is 2. The molecule has 1 fully saturated rings. The second-order valence-corrected chi connectivity index (χ2v) is 12.0. The van der Waals surface area contributed by atoms with Crippen LogP contribution in [0.5, 0.6) is 5.75 Å². The zero-order valence-corrected chi connectivity index (χ0v) is 25.0. The van der Waals surface area contributed by atoms with E-state index in [1.165, 1.54) is 0 Å². The first-order valence-corrected chi connectivity index (χ1v) is 14.6. The van der Waals surface area contributed by atoms with E-state index in [0.717, 1.165) is 28.0 Å². The molecule has 3 heterocycles. The Hall–Kier alpha value is -4.26. The molecule has 2 aromatic carbocycles. The fourth-order valence-corrected chi connectivity index (χ4v) is 5.27. The van der Waals surface area contributed by atoms with Gasteiger partial charge in [0.05, 0.1) is 6.54 Å². The van der Waals surface area contributed by atoms with Crippen molar-refractivity contribution in [3.63, 3.8) is 0 Å². The van der Waals surface area contributed by atoms with Gasteiger partial charge in [0.15, 0.2) is 5.84 Å². The molecule has 1 saturated heterocycles. The van der Waals surface area contributed by atoms with Gasteiger partial charge >= 0.3 is 18.2 Å². The predicted molar refractivity (Wildman–Crippen MR) is 158 cm³/mol. The van der Waals surface area contributed by atoms with Gasteiger partial charge in [0.2, 0.25) is 0 Å². The van der Waals surface area contributed by atoms with Crippen LogP contribution in [0.2, 0.25) is 0 Å². The van der Waals surface area contributed by atoms with E-state index in [9.17, 15) is 22.8 Å². The average Bonchev–Trinajstić information content (AvgIpc) is 3.44. The predicted octanol–water partition coefficient (Wildman–Crippen LogP) is 4.73. The zero-order chi connectivity index (χ0) is 31.5. The molecule has 5 rings (SSSR count). The maximum atomic E-state index is 12.6. The minimum atomic E-state index is -4.87. The van der Waals surface area contributed by atoms with Gasteiger partial charge < -0.3 is 19.7 Å². The molecule has 3 aliphatic rings. The number of piperidine rings is 1. The van der Waals surface area contributed by atoms with Crippen molar-refractivity contribution in [1.82, 2.24) is 26.3 Å². The SMILES string of the molecule is CC(C)(C)OC(=O)N1CCC2(C=C(c3ccc(C4=NN(CCCCNC(=O)C(F)(F)F)NN4)cc3)c3ccccc3O2)CC1. The van der Waals surface area contributed by atoms with E-state index in [0.29, 0.717) is 51.2 Å². The van der Waals surface area contributed by atoms with Crippen LogP contribution in [0, 0.1) is 0 Å². The maximum absolute atomic E-state index is 12.6. The van der Waals surface area contributed by atoms with E-state index in [4.69, 9.17) is 9.47 Å². The molecule has 13 heteroatoms. The lowest BCUT2D eigenvalue weighted by molar-refractivity contribution is -0.173. The topological polar surface area (TPSA) is 108 Å². The van der Waals surface area contributed by atoms with Crippen molar-refractivity contribution in [2.24, 2.45) is 5.10 Å². The third-order valence-corrected chi connectivity index (χ3v) is 7.49. The molecule has 236 valence electrons. The van der Waals surface area contributed by atoms with Crippen LogP contribution in [0.15, 0.2) is 59.7 Å². The smallest absolute Gasteiger partial charge is 0.471 e. The lowest BCUT2D eigenvalue weighted by atomic mass is 9.83. The summed E-state index contributed by atoms with van der Waals surface area (Å²) in [5.74, 6) is -0.519. The number of unbranched alkanes of at least 4 members (excludes halogenated alkanes) is 1. The number of nitrogens with one attached hydrogen (secondary N) is 3. The number of hydrogen-bond donors (Lipinski definition) is 3. The first-order valence-electron chi connectivity index (χ1n) is 14.6. The van der Waals surface area contributed by atoms with Gasteiger partial charge in [0.25, 0.3) is 0 Å². The van der Waals surface area contributed by atoms with Gasteiger partial charge in [-0.25, -0.2) is 9.91 Å². The Bertz CT molecular complexity index is 1430. The quantitative estimate of drug-likeness (QED) is 0.388. The number of benzene rings is 2. The first-order chi connectivity index (χ1) is 20.8. The van der Waals surface area contributed by atoms with E-state index in [1.54, 1.807) is 10.0 Å². The molecular weight excluding hydrogens is 577 g/mol. The highest BCUT2D eigenvalue weighted by molar-refractivity contribution is 5.99. The second kappa shape index (κ2) is 12.4. The molecule has 0 atom stereocenters. The molecule has 3 N–H and O–H groups in total. The number of ether oxygens (including phenoxy) is 2. The standard InChI is InChI=1S/C31H37F3N6O4/c1-29(2,3)44-28(42)39-18-14-30(15-19-39)20-24(23-8-4-5-9-25(23)43-30)21-10-12-22(13-11-21)26-36-38-40(37-26)17-7-6-16-35-27(41)31(32,33)34/h4-5,8-13,20,38H,6-7,14-19H2,1-3H3,(H,35,41)(H,36,37). The summed E-state index contributed by atoms with van der Waals surface area (Å²) in [6, 6.07) is 15.9. The molecule has 0 aromatic heterocycles. The normalized spacial score (nSPS) is 17.7. The largest absolute Gasteiger partial charge is 0.482 e. The Morgan fingerprint density at radius 1 is 1.02 bits per heavy atom. The van der Waals surface area contributed by atoms with Crippen LogP contribution in [0.3, 0.4) is 0 Å². The van der Waals surface area contributed by atoms with Crippen LogP contribution in [0.4, 0.5) is 18.0 Å². The van der Waals surface area contributed by atoms with Crippen LogP contribution in [0.1, 0.15) is 63.1 Å². The molecule has 3 aliphatic heterocycles. The summed E-state index contributed by atoms with van der Waals surface area (Å²) in [7, 11) is 0. The Balaban J connectivity index is 1.23. The monoisotopic (exact) mass is 614 g/mol. The van der Waals surface area contributed by atoms with Gasteiger partial charge in [-0.15, -0.1) is 10.6 Å². The number of para-hydroxylation sites is 1. The van der Waals surface area contributed by atoms with Crippen molar-refractivity contribution in [2.45, 2.75) is 63.8 Å². The number of carbonyl (C=O) groups excluding carboxylic acids is 2. The van der Waals surface area contributed by atoms with Gasteiger partial charge in [-0.05, 0) is 56.9 Å². The molecule has 0 saturated carbocycles. The Labute approximate surface area is 254 Å². The number of fused-ring (bicyclic) bond motifs is 1. The lowest BCUT2D eigenvalue weighted by Crippen LogP contribution is -2.50. The van der Waals surface area contributed by atoms with Crippen LogP contribution < -0.4 is 21.0 Å².